The van der Waals surface area contributed by atoms with Gasteiger partial charge in [-0.2, -0.15) is 10.4 Å². The van der Waals surface area contributed by atoms with Crippen molar-refractivity contribution in [3.8, 4) is 17.3 Å². The van der Waals surface area contributed by atoms with Gasteiger partial charge in [0, 0.05) is 18.0 Å². The Morgan fingerprint density at radius 2 is 2.12 bits per heavy atom. The minimum atomic E-state index is -0.720. The van der Waals surface area contributed by atoms with Gasteiger partial charge in [0.15, 0.2) is 0 Å². The van der Waals surface area contributed by atoms with E-state index in [1.807, 2.05) is 24.7 Å². The predicted octanol–water partition coefficient (Wildman–Crippen LogP) is 2.27. The van der Waals surface area contributed by atoms with Crippen molar-refractivity contribution in [3.05, 3.63) is 59.8 Å². The summed E-state index contributed by atoms with van der Waals surface area (Å²) in [5.41, 5.74) is 4.57. The van der Waals surface area contributed by atoms with Crippen LogP contribution in [0.4, 0.5) is 0 Å². The summed E-state index contributed by atoms with van der Waals surface area (Å²) in [6, 6.07) is 10.5. The lowest BCUT2D eigenvalue weighted by Gasteiger charge is -2.34. The van der Waals surface area contributed by atoms with Gasteiger partial charge < -0.3 is 9.67 Å². The first-order chi connectivity index (χ1) is 11.8. The summed E-state index contributed by atoms with van der Waals surface area (Å²) in [4.78, 5) is 4.29. The SMILES string of the molecule is N#Cc1cnn2c1[C@H](O)[C@@H](C1c3ccccc3-c3cncn31)CC2. The summed E-state index contributed by atoms with van der Waals surface area (Å²) in [7, 11) is 0. The van der Waals surface area contributed by atoms with E-state index >= 15 is 0 Å². The lowest BCUT2D eigenvalue weighted by molar-refractivity contribution is 0.0523. The van der Waals surface area contributed by atoms with Gasteiger partial charge in [0.05, 0.1) is 41.7 Å². The van der Waals surface area contributed by atoms with Gasteiger partial charge >= 0.3 is 0 Å². The van der Waals surface area contributed by atoms with Crippen LogP contribution in [0.25, 0.3) is 11.3 Å². The van der Waals surface area contributed by atoms with Crippen molar-refractivity contribution in [2.75, 3.05) is 0 Å². The average molecular weight is 317 g/mol. The standard InChI is InChI=1S/C18H15N5O/c19-7-11-8-21-23-6-5-14(18(24)16(11)23)17-13-4-2-1-3-12(13)15-9-20-10-22(15)17/h1-4,8-10,14,17-18,24H,5-6H2/t14-,17?,18-/m1/s1. The van der Waals surface area contributed by atoms with Gasteiger partial charge in [0.25, 0.3) is 0 Å². The molecule has 1 N–H and O–H groups in total. The van der Waals surface area contributed by atoms with E-state index in [9.17, 15) is 10.4 Å². The van der Waals surface area contributed by atoms with Crippen LogP contribution in [0.1, 0.15) is 35.4 Å². The van der Waals surface area contributed by atoms with E-state index in [1.54, 1.807) is 10.9 Å². The fourth-order valence-electron chi connectivity index (χ4n) is 4.24. The molecule has 0 saturated carbocycles. The van der Waals surface area contributed by atoms with Crippen molar-refractivity contribution in [1.82, 2.24) is 19.3 Å². The van der Waals surface area contributed by atoms with Gasteiger partial charge in [-0.3, -0.25) is 4.68 Å². The lowest BCUT2D eigenvalue weighted by Crippen LogP contribution is -2.31. The quantitative estimate of drug-likeness (QED) is 0.746. The largest absolute Gasteiger partial charge is 0.386 e. The van der Waals surface area contributed by atoms with Crippen LogP contribution in [0, 0.1) is 17.2 Å². The average Bonchev–Trinajstić information content (AvgIpc) is 3.29. The molecule has 6 heteroatoms. The van der Waals surface area contributed by atoms with Gasteiger partial charge in [0.2, 0.25) is 0 Å². The topological polar surface area (TPSA) is 79.7 Å². The van der Waals surface area contributed by atoms with Crippen molar-refractivity contribution >= 4 is 0 Å². The van der Waals surface area contributed by atoms with E-state index in [1.165, 1.54) is 11.1 Å². The third kappa shape index (κ3) is 1.62. The summed E-state index contributed by atoms with van der Waals surface area (Å²) in [5.74, 6) is -0.0158. The van der Waals surface area contributed by atoms with Gasteiger partial charge in [0.1, 0.15) is 12.2 Å². The Kier molecular flexibility index (Phi) is 2.70. The Balaban J connectivity index is 1.64. The molecule has 3 aromatic rings. The fraction of sp³-hybridized carbons (Fsp3) is 0.278. The minimum absolute atomic E-state index is 0.0158. The number of aromatic nitrogens is 4. The molecule has 0 bridgehead atoms. The molecule has 0 spiro atoms. The molecule has 2 aromatic heterocycles. The maximum Gasteiger partial charge on any atom is 0.103 e. The van der Waals surface area contributed by atoms with Crippen LogP contribution in [0.3, 0.4) is 0 Å². The number of aliphatic hydroxyl groups is 1. The second kappa shape index (κ2) is 4.79. The van der Waals surface area contributed by atoms with Crippen molar-refractivity contribution in [3.63, 3.8) is 0 Å². The summed E-state index contributed by atoms with van der Waals surface area (Å²) >= 11 is 0. The number of hydrogen-bond donors (Lipinski definition) is 1. The molecule has 2 aliphatic heterocycles. The number of aliphatic hydroxyl groups excluding tert-OH is 1. The molecule has 3 atom stereocenters. The molecule has 24 heavy (non-hydrogen) atoms. The number of benzene rings is 1. The molecule has 5 rings (SSSR count). The van der Waals surface area contributed by atoms with E-state index < -0.39 is 6.10 Å². The van der Waals surface area contributed by atoms with Crippen LogP contribution >= 0.6 is 0 Å². The zero-order valence-corrected chi connectivity index (χ0v) is 12.9. The molecular weight excluding hydrogens is 302 g/mol. The number of hydrogen-bond acceptors (Lipinski definition) is 4. The highest BCUT2D eigenvalue weighted by Gasteiger charge is 2.41. The highest BCUT2D eigenvalue weighted by Crippen LogP contribution is 2.49. The summed E-state index contributed by atoms with van der Waals surface area (Å²) in [5, 5.41) is 24.6. The smallest absolute Gasteiger partial charge is 0.103 e. The molecule has 0 fully saturated rings. The normalized spacial score (nSPS) is 24.1. The molecule has 1 unspecified atom stereocenters. The molecule has 0 saturated heterocycles. The summed E-state index contributed by atoms with van der Waals surface area (Å²) < 4.78 is 3.91. The Morgan fingerprint density at radius 3 is 3.00 bits per heavy atom. The van der Waals surface area contributed by atoms with Crippen LogP contribution < -0.4 is 0 Å². The molecule has 2 aliphatic rings. The first-order valence-corrected chi connectivity index (χ1v) is 8.04. The van der Waals surface area contributed by atoms with Crippen molar-refractivity contribution in [2.24, 2.45) is 5.92 Å². The van der Waals surface area contributed by atoms with Gasteiger partial charge in [-0.1, -0.05) is 24.3 Å². The minimum Gasteiger partial charge on any atom is -0.386 e. The van der Waals surface area contributed by atoms with E-state index in [0.717, 1.165) is 12.1 Å². The number of nitriles is 1. The monoisotopic (exact) mass is 317 g/mol. The first kappa shape index (κ1) is 13.5. The molecule has 0 amide bonds. The van der Waals surface area contributed by atoms with Crippen molar-refractivity contribution in [2.45, 2.75) is 25.1 Å². The third-order valence-corrected chi connectivity index (χ3v) is 5.29. The summed E-state index contributed by atoms with van der Waals surface area (Å²) in [6.07, 6.45) is 5.34. The predicted molar refractivity (Wildman–Crippen MR) is 85.8 cm³/mol. The molecule has 118 valence electrons. The lowest BCUT2D eigenvalue weighted by atomic mass is 9.82. The third-order valence-electron chi connectivity index (χ3n) is 5.29. The van der Waals surface area contributed by atoms with Crippen LogP contribution in [0.2, 0.25) is 0 Å². The number of imidazole rings is 1. The van der Waals surface area contributed by atoms with Crippen LogP contribution in [-0.4, -0.2) is 24.4 Å². The second-order valence-electron chi connectivity index (χ2n) is 6.39. The second-order valence-corrected chi connectivity index (χ2v) is 6.39. The van der Waals surface area contributed by atoms with E-state index in [4.69, 9.17) is 0 Å². The van der Waals surface area contributed by atoms with E-state index in [0.29, 0.717) is 17.8 Å². The highest BCUT2D eigenvalue weighted by atomic mass is 16.3. The fourth-order valence-corrected chi connectivity index (χ4v) is 4.24. The molecule has 0 aliphatic carbocycles. The molecule has 0 radical (unpaired) electrons. The van der Waals surface area contributed by atoms with Gasteiger partial charge in [-0.25, -0.2) is 4.98 Å². The summed E-state index contributed by atoms with van der Waals surface area (Å²) in [6.45, 7) is 0.710. The molecular formula is C18H15N5O. The number of rotatable bonds is 1. The Hall–Kier alpha value is -2.91. The highest BCUT2D eigenvalue weighted by molar-refractivity contribution is 5.69. The van der Waals surface area contributed by atoms with Gasteiger partial charge in [-0.15, -0.1) is 0 Å². The molecule has 4 heterocycles. The number of aryl methyl sites for hydroxylation is 1. The van der Waals surface area contributed by atoms with Crippen LogP contribution in [-0.2, 0) is 6.54 Å². The molecule has 6 nitrogen and oxygen atoms in total. The van der Waals surface area contributed by atoms with E-state index in [2.05, 4.69) is 32.9 Å². The number of nitrogens with zero attached hydrogens (tertiary/aromatic N) is 5. The van der Waals surface area contributed by atoms with Crippen molar-refractivity contribution < 1.29 is 5.11 Å². The Morgan fingerprint density at radius 1 is 1.25 bits per heavy atom. The zero-order chi connectivity index (χ0) is 16.3. The first-order valence-electron chi connectivity index (χ1n) is 8.04. The van der Waals surface area contributed by atoms with Crippen LogP contribution in [0.15, 0.2) is 43.0 Å². The number of fused-ring (bicyclic) bond motifs is 4. The van der Waals surface area contributed by atoms with Crippen LogP contribution in [0.5, 0.6) is 0 Å². The van der Waals surface area contributed by atoms with E-state index in [-0.39, 0.29) is 12.0 Å². The Labute approximate surface area is 138 Å². The van der Waals surface area contributed by atoms with Gasteiger partial charge in [-0.05, 0) is 12.0 Å². The zero-order valence-electron chi connectivity index (χ0n) is 12.9. The van der Waals surface area contributed by atoms with Crippen molar-refractivity contribution in [1.29, 1.82) is 5.26 Å². The Bertz CT molecular complexity index is 979. The maximum atomic E-state index is 11.0. The molecule has 1 aromatic carbocycles. The maximum absolute atomic E-state index is 11.0.